The van der Waals surface area contributed by atoms with Crippen LogP contribution in [0.15, 0.2) is 24.3 Å². The largest absolute Gasteiger partial charge is 0.508 e. The number of aromatic hydroxyl groups is 1. The quantitative estimate of drug-likeness (QED) is 0.878. The van der Waals surface area contributed by atoms with Crippen LogP contribution < -0.4 is 0 Å². The first kappa shape index (κ1) is 13.4. The second-order valence-electron chi connectivity index (χ2n) is 5.86. The van der Waals surface area contributed by atoms with Crippen molar-refractivity contribution in [1.29, 1.82) is 0 Å². The molecule has 2 nitrogen and oxygen atoms in total. The van der Waals surface area contributed by atoms with E-state index in [1.807, 2.05) is 12.1 Å². The molecular weight excluding hydrogens is 222 g/mol. The second kappa shape index (κ2) is 6.24. The lowest BCUT2D eigenvalue weighted by atomic mass is 9.76. The van der Waals surface area contributed by atoms with Gasteiger partial charge in [-0.05, 0) is 56.5 Å². The van der Waals surface area contributed by atoms with Crippen LogP contribution in [0.4, 0.5) is 0 Å². The molecule has 0 spiro atoms. The monoisotopic (exact) mass is 247 g/mol. The third kappa shape index (κ3) is 3.49. The van der Waals surface area contributed by atoms with Gasteiger partial charge in [-0.1, -0.05) is 31.4 Å². The van der Waals surface area contributed by atoms with E-state index in [0.29, 0.717) is 11.7 Å². The van der Waals surface area contributed by atoms with Crippen molar-refractivity contribution in [2.24, 2.45) is 5.92 Å². The number of phenols is 1. The molecule has 1 unspecified atom stereocenters. The van der Waals surface area contributed by atoms with Crippen molar-refractivity contribution in [3.63, 3.8) is 0 Å². The number of hydrogen-bond acceptors (Lipinski definition) is 2. The van der Waals surface area contributed by atoms with Gasteiger partial charge in [-0.15, -0.1) is 0 Å². The molecule has 0 heterocycles. The maximum absolute atomic E-state index is 9.42. The van der Waals surface area contributed by atoms with E-state index in [4.69, 9.17) is 0 Å². The summed E-state index contributed by atoms with van der Waals surface area (Å²) in [5, 5.41) is 9.42. The van der Waals surface area contributed by atoms with Gasteiger partial charge in [-0.2, -0.15) is 0 Å². The number of benzene rings is 1. The number of nitrogens with zero attached hydrogens (tertiary/aromatic N) is 1. The smallest absolute Gasteiger partial charge is 0.115 e. The maximum atomic E-state index is 9.42. The first-order valence-electron chi connectivity index (χ1n) is 7.10. The Morgan fingerprint density at radius 2 is 1.72 bits per heavy atom. The highest BCUT2D eigenvalue weighted by Gasteiger charge is 2.25. The fourth-order valence-electron chi connectivity index (χ4n) is 3.18. The molecule has 1 N–H and O–H groups in total. The van der Waals surface area contributed by atoms with E-state index < -0.39 is 0 Å². The predicted molar refractivity (Wildman–Crippen MR) is 76.0 cm³/mol. The Morgan fingerprint density at radius 1 is 1.11 bits per heavy atom. The number of likely N-dealkylation sites (N-methyl/N-ethyl adjacent to an activating group) is 1. The van der Waals surface area contributed by atoms with E-state index in [0.717, 1.165) is 12.5 Å². The summed E-state index contributed by atoms with van der Waals surface area (Å²) in [6.45, 7) is 1.11. The van der Waals surface area contributed by atoms with Gasteiger partial charge in [0.05, 0.1) is 0 Å². The molecular formula is C16H25NO. The maximum Gasteiger partial charge on any atom is 0.115 e. The van der Waals surface area contributed by atoms with Crippen molar-refractivity contribution in [2.45, 2.75) is 38.0 Å². The minimum Gasteiger partial charge on any atom is -0.508 e. The molecule has 1 fully saturated rings. The highest BCUT2D eigenvalue weighted by Crippen LogP contribution is 2.36. The number of phenolic OH excluding ortho intramolecular Hbond substituents is 1. The lowest BCUT2D eigenvalue weighted by molar-refractivity contribution is 0.253. The Balaban J connectivity index is 2.15. The fourth-order valence-corrected chi connectivity index (χ4v) is 3.18. The molecule has 0 amide bonds. The van der Waals surface area contributed by atoms with Crippen LogP contribution in [0.3, 0.4) is 0 Å². The van der Waals surface area contributed by atoms with Gasteiger partial charge in [0.15, 0.2) is 0 Å². The molecule has 2 heteroatoms. The minimum atomic E-state index is 0.367. The minimum absolute atomic E-state index is 0.367. The first-order valence-corrected chi connectivity index (χ1v) is 7.10. The summed E-state index contributed by atoms with van der Waals surface area (Å²) in [6.07, 6.45) is 6.89. The van der Waals surface area contributed by atoms with Crippen molar-refractivity contribution in [1.82, 2.24) is 4.90 Å². The molecule has 1 aliphatic carbocycles. The Labute approximate surface area is 111 Å². The second-order valence-corrected chi connectivity index (χ2v) is 5.86. The topological polar surface area (TPSA) is 23.5 Å². The van der Waals surface area contributed by atoms with Gasteiger partial charge >= 0.3 is 0 Å². The van der Waals surface area contributed by atoms with Crippen LogP contribution >= 0.6 is 0 Å². The van der Waals surface area contributed by atoms with E-state index >= 15 is 0 Å². The zero-order valence-electron chi connectivity index (χ0n) is 11.6. The third-order valence-electron chi connectivity index (χ3n) is 4.10. The summed E-state index contributed by atoms with van der Waals surface area (Å²) in [7, 11) is 4.30. The Kier molecular flexibility index (Phi) is 4.65. The summed E-state index contributed by atoms with van der Waals surface area (Å²) in [5.74, 6) is 1.79. The van der Waals surface area contributed by atoms with Crippen molar-refractivity contribution in [3.8, 4) is 5.75 Å². The summed E-state index contributed by atoms with van der Waals surface area (Å²) in [4.78, 5) is 2.28. The molecule has 0 saturated heterocycles. The summed E-state index contributed by atoms with van der Waals surface area (Å²) >= 11 is 0. The predicted octanol–water partition coefficient (Wildman–Crippen LogP) is 3.62. The Hall–Kier alpha value is -1.02. The average Bonchev–Trinajstić information content (AvgIpc) is 2.38. The van der Waals surface area contributed by atoms with E-state index in [9.17, 15) is 5.11 Å². The molecule has 0 aromatic heterocycles. The van der Waals surface area contributed by atoms with E-state index in [1.54, 1.807) is 0 Å². The van der Waals surface area contributed by atoms with Crippen LogP contribution in [0.5, 0.6) is 5.75 Å². The highest BCUT2D eigenvalue weighted by molar-refractivity contribution is 5.29. The highest BCUT2D eigenvalue weighted by atomic mass is 16.3. The van der Waals surface area contributed by atoms with Gasteiger partial charge in [-0.3, -0.25) is 0 Å². The van der Waals surface area contributed by atoms with Gasteiger partial charge in [0.25, 0.3) is 0 Å². The van der Waals surface area contributed by atoms with E-state index in [2.05, 4.69) is 31.1 Å². The molecule has 0 bridgehead atoms. The standard InChI is InChI=1S/C16H25NO/c1-17(2)12-16(13-6-4-3-5-7-13)14-8-10-15(18)11-9-14/h8-11,13,16,18H,3-7,12H2,1-2H3. The molecule has 1 atom stereocenters. The molecule has 1 aliphatic rings. The zero-order valence-corrected chi connectivity index (χ0v) is 11.6. The molecule has 0 radical (unpaired) electrons. The van der Waals surface area contributed by atoms with Crippen LogP contribution in [-0.4, -0.2) is 30.6 Å². The van der Waals surface area contributed by atoms with Crippen LogP contribution in [0.2, 0.25) is 0 Å². The molecule has 2 rings (SSSR count). The van der Waals surface area contributed by atoms with E-state index in [-0.39, 0.29) is 0 Å². The van der Waals surface area contributed by atoms with Crippen LogP contribution in [0.25, 0.3) is 0 Å². The van der Waals surface area contributed by atoms with Crippen LogP contribution in [0, 0.1) is 5.92 Å². The van der Waals surface area contributed by atoms with Gasteiger partial charge in [0, 0.05) is 6.54 Å². The lowest BCUT2D eigenvalue weighted by Gasteiger charge is -2.32. The Morgan fingerprint density at radius 3 is 2.28 bits per heavy atom. The molecule has 1 saturated carbocycles. The van der Waals surface area contributed by atoms with Gasteiger partial charge in [0.1, 0.15) is 5.75 Å². The summed E-state index contributed by atoms with van der Waals surface area (Å²) < 4.78 is 0. The third-order valence-corrected chi connectivity index (χ3v) is 4.10. The van der Waals surface area contributed by atoms with Crippen LogP contribution in [-0.2, 0) is 0 Å². The van der Waals surface area contributed by atoms with Crippen molar-refractivity contribution in [3.05, 3.63) is 29.8 Å². The van der Waals surface area contributed by atoms with Gasteiger partial charge < -0.3 is 10.0 Å². The zero-order chi connectivity index (χ0) is 13.0. The SMILES string of the molecule is CN(C)CC(c1ccc(O)cc1)C1CCCCC1. The first-order chi connectivity index (χ1) is 8.66. The average molecular weight is 247 g/mol. The summed E-state index contributed by atoms with van der Waals surface area (Å²) in [5.41, 5.74) is 1.38. The lowest BCUT2D eigenvalue weighted by Crippen LogP contribution is -2.27. The molecule has 100 valence electrons. The van der Waals surface area contributed by atoms with Crippen molar-refractivity contribution in [2.75, 3.05) is 20.6 Å². The summed E-state index contributed by atoms with van der Waals surface area (Å²) in [6, 6.07) is 7.83. The van der Waals surface area contributed by atoms with Crippen LogP contribution in [0.1, 0.15) is 43.6 Å². The fraction of sp³-hybridized carbons (Fsp3) is 0.625. The van der Waals surface area contributed by atoms with E-state index in [1.165, 1.54) is 37.7 Å². The van der Waals surface area contributed by atoms with Gasteiger partial charge in [-0.25, -0.2) is 0 Å². The normalized spacial score (nSPS) is 19.1. The molecule has 1 aromatic carbocycles. The van der Waals surface area contributed by atoms with Crippen molar-refractivity contribution >= 4 is 0 Å². The Bertz CT molecular complexity index is 352. The molecule has 18 heavy (non-hydrogen) atoms. The molecule has 0 aliphatic heterocycles. The van der Waals surface area contributed by atoms with Crippen molar-refractivity contribution < 1.29 is 5.11 Å². The number of rotatable bonds is 4. The van der Waals surface area contributed by atoms with Gasteiger partial charge in [0.2, 0.25) is 0 Å². The number of hydrogen-bond donors (Lipinski definition) is 1. The molecule has 1 aromatic rings.